The first-order valence-corrected chi connectivity index (χ1v) is 9.09. The summed E-state index contributed by atoms with van der Waals surface area (Å²) < 4.78 is 5.36. The van der Waals surface area contributed by atoms with Crippen LogP contribution in [0.1, 0.15) is 30.2 Å². The lowest BCUT2D eigenvalue weighted by molar-refractivity contribution is -0.126. The lowest BCUT2D eigenvalue weighted by Gasteiger charge is -2.26. The Morgan fingerprint density at radius 1 is 1.15 bits per heavy atom. The van der Waals surface area contributed by atoms with Crippen molar-refractivity contribution in [2.24, 2.45) is 0 Å². The normalized spacial score (nSPS) is 15.6. The van der Waals surface area contributed by atoms with Gasteiger partial charge in [0.15, 0.2) is 5.76 Å². The van der Waals surface area contributed by atoms with Gasteiger partial charge in [-0.25, -0.2) is 0 Å². The highest BCUT2D eigenvalue weighted by atomic mass is 16.5. The van der Waals surface area contributed by atoms with Gasteiger partial charge >= 0.3 is 0 Å². The van der Waals surface area contributed by atoms with Crippen molar-refractivity contribution in [2.45, 2.75) is 25.4 Å². The molecule has 0 aliphatic carbocycles. The van der Waals surface area contributed by atoms with Crippen LogP contribution in [0.4, 0.5) is 0 Å². The van der Waals surface area contributed by atoms with E-state index in [0.29, 0.717) is 11.5 Å². The Morgan fingerprint density at radius 3 is 2.63 bits per heavy atom. The summed E-state index contributed by atoms with van der Waals surface area (Å²) >= 11 is 0. The molecule has 1 amide bonds. The first kappa shape index (κ1) is 17.4. The lowest BCUT2D eigenvalue weighted by Crippen LogP contribution is -2.39. The highest BCUT2D eigenvalue weighted by Crippen LogP contribution is 2.25. The molecular formula is C20H21N5O2. The molecule has 0 aromatic carbocycles. The van der Waals surface area contributed by atoms with Crippen molar-refractivity contribution >= 4 is 5.91 Å². The predicted molar refractivity (Wildman–Crippen MR) is 99.4 cm³/mol. The van der Waals surface area contributed by atoms with Gasteiger partial charge in [0.05, 0.1) is 6.54 Å². The van der Waals surface area contributed by atoms with Crippen LogP contribution in [-0.4, -0.2) is 39.0 Å². The third kappa shape index (κ3) is 4.03. The van der Waals surface area contributed by atoms with Gasteiger partial charge in [-0.1, -0.05) is 11.2 Å². The second kappa shape index (κ2) is 8.09. The van der Waals surface area contributed by atoms with Crippen LogP contribution in [0.15, 0.2) is 59.6 Å². The molecule has 7 heteroatoms. The highest BCUT2D eigenvalue weighted by molar-refractivity contribution is 5.83. The summed E-state index contributed by atoms with van der Waals surface area (Å²) in [5, 5.41) is 7.04. The molecule has 27 heavy (non-hydrogen) atoms. The van der Waals surface area contributed by atoms with E-state index in [0.717, 1.165) is 37.1 Å². The number of carbonyl (C=O) groups excluding carboxylic acids is 1. The number of aromatic nitrogens is 3. The molecule has 1 N–H and O–H groups in total. The van der Waals surface area contributed by atoms with E-state index in [4.69, 9.17) is 4.52 Å². The average molecular weight is 363 g/mol. The van der Waals surface area contributed by atoms with Crippen LogP contribution < -0.4 is 5.32 Å². The zero-order valence-corrected chi connectivity index (χ0v) is 14.9. The molecule has 1 aliphatic heterocycles. The minimum atomic E-state index is -0.332. The molecule has 4 rings (SSSR count). The van der Waals surface area contributed by atoms with Crippen molar-refractivity contribution in [3.05, 3.63) is 66.4 Å². The second-order valence-corrected chi connectivity index (χ2v) is 6.57. The molecular weight excluding hydrogens is 342 g/mol. The molecule has 1 fully saturated rings. The van der Waals surface area contributed by atoms with Gasteiger partial charge < -0.3 is 9.84 Å². The first-order valence-electron chi connectivity index (χ1n) is 9.09. The molecule has 0 saturated carbocycles. The molecule has 1 atom stereocenters. The summed E-state index contributed by atoms with van der Waals surface area (Å²) in [4.78, 5) is 23.4. The summed E-state index contributed by atoms with van der Waals surface area (Å²) in [6.07, 6.45) is 9.14. The van der Waals surface area contributed by atoms with Crippen molar-refractivity contribution in [1.82, 2.24) is 25.3 Å². The number of pyridine rings is 2. The number of rotatable bonds is 6. The van der Waals surface area contributed by atoms with Crippen LogP contribution in [-0.2, 0) is 11.3 Å². The third-order valence-corrected chi connectivity index (χ3v) is 4.71. The number of carbonyl (C=O) groups is 1. The summed E-state index contributed by atoms with van der Waals surface area (Å²) in [6, 6.07) is 9.07. The Morgan fingerprint density at radius 2 is 1.93 bits per heavy atom. The summed E-state index contributed by atoms with van der Waals surface area (Å²) in [5.74, 6) is 0.554. The second-order valence-electron chi connectivity index (χ2n) is 6.57. The van der Waals surface area contributed by atoms with E-state index in [9.17, 15) is 4.79 Å². The maximum Gasteiger partial charge on any atom is 0.242 e. The van der Waals surface area contributed by atoms with Crippen molar-refractivity contribution in [3.8, 4) is 11.3 Å². The van der Waals surface area contributed by atoms with Crippen LogP contribution in [0.25, 0.3) is 11.3 Å². The van der Waals surface area contributed by atoms with Gasteiger partial charge in [0, 0.05) is 36.4 Å². The molecule has 1 saturated heterocycles. The smallest absolute Gasteiger partial charge is 0.242 e. The van der Waals surface area contributed by atoms with Gasteiger partial charge in [-0.3, -0.25) is 19.7 Å². The van der Waals surface area contributed by atoms with Crippen molar-refractivity contribution < 1.29 is 9.32 Å². The van der Waals surface area contributed by atoms with E-state index < -0.39 is 0 Å². The molecule has 138 valence electrons. The van der Waals surface area contributed by atoms with Crippen LogP contribution in [0.2, 0.25) is 0 Å². The molecule has 0 unspecified atom stereocenters. The van der Waals surface area contributed by atoms with E-state index in [1.165, 1.54) is 0 Å². The summed E-state index contributed by atoms with van der Waals surface area (Å²) in [5.41, 5.74) is 2.49. The number of amides is 1. The topological polar surface area (TPSA) is 84.2 Å². The Balaban J connectivity index is 1.45. The summed E-state index contributed by atoms with van der Waals surface area (Å²) in [7, 11) is 0. The first-order chi connectivity index (χ1) is 13.3. The maximum absolute atomic E-state index is 12.9. The highest BCUT2D eigenvalue weighted by Gasteiger charge is 2.29. The Hall–Kier alpha value is -3.06. The van der Waals surface area contributed by atoms with Crippen LogP contribution in [0, 0.1) is 0 Å². The Kier molecular flexibility index (Phi) is 5.20. The monoisotopic (exact) mass is 363 g/mol. The van der Waals surface area contributed by atoms with Gasteiger partial charge in [-0.15, -0.1) is 0 Å². The lowest BCUT2D eigenvalue weighted by atomic mass is 10.1. The number of nitrogens with zero attached hydrogens (tertiary/aromatic N) is 4. The van der Waals surface area contributed by atoms with Crippen LogP contribution in [0.3, 0.4) is 0 Å². The van der Waals surface area contributed by atoms with E-state index in [1.54, 1.807) is 24.8 Å². The average Bonchev–Trinajstić information content (AvgIpc) is 3.41. The fourth-order valence-electron chi connectivity index (χ4n) is 3.38. The van der Waals surface area contributed by atoms with Crippen molar-refractivity contribution in [3.63, 3.8) is 0 Å². The van der Waals surface area contributed by atoms with Gasteiger partial charge in [-0.05, 0) is 49.7 Å². The standard InChI is InChI=1S/C20H21N5O2/c26-20(19(25-9-1-2-10-25)16-6-4-8-22-13-16)23-14-17-11-18(24-27-17)15-5-3-7-21-12-15/h3-8,11-13,19H,1-2,9-10,14H2,(H,23,26)/t19-/m1/s1. The van der Waals surface area contributed by atoms with Crippen LogP contribution >= 0.6 is 0 Å². The molecule has 0 bridgehead atoms. The zero-order valence-electron chi connectivity index (χ0n) is 14.9. The van der Waals surface area contributed by atoms with E-state index in [-0.39, 0.29) is 18.5 Å². The molecule has 4 heterocycles. The molecule has 0 spiro atoms. The number of nitrogens with one attached hydrogen (secondary N) is 1. The van der Waals surface area contributed by atoms with Crippen molar-refractivity contribution in [2.75, 3.05) is 13.1 Å². The zero-order chi connectivity index (χ0) is 18.5. The van der Waals surface area contributed by atoms with E-state index >= 15 is 0 Å². The van der Waals surface area contributed by atoms with Gasteiger partial charge in [0.25, 0.3) is 0 Å². The Bertz CT molecular complexity index is 876. The quantitative estimate of drug-likeness (QED) is 0.725. The summed E-state index contributed by atoms with van der Waals surface area (Å²) in [6.45, 7) is 2.12. The maximum atomic E-state index is 12.9. The van der Waals surface area contributed by atoms with Crippen LogP contribution in [0.5, 0.6) is 0 Å². The predicted octanol–water partition coefficient (Wildman–Crippen LogP) is 2.58. The minimum absolute atomic E-state index is 0.0516. The van der Waals surface area contributed by atoms with E-state index in [2.05, 4.69) is 25.3 Å². The van der Waals surface area contributed by atoms with Gasteiger partial charge in [-0.2, -0.15) is 0 Å². The Labute approximate surface area is 157 Å². The molecule has 7 nitrogen and oxygen atoms in total. The molecule has 3 aromatic heterocycles. The molecule has 1 aliphatic rings. The third-order valence-electron chi connectivity index (χ3n) is 4.71. The fraction of sp³-hybridized carbons (Fsp3) is 0.300. The van der Waals surface area contributed by atoms with E-state index in [1.807, 2.05) is 30.3 Å². The SMILES string of the molecule is O=C(NCc1cc(-c2cccnc2)no1)[C@@H](c1cccnc1)N1CCCC1. The number of likely N-dealkylation sites (tertiary alicyclic amines) is 1. The molecule has 3 aromatic rings. The fourth-order valence-corrected chi connectivity index (χ4v) is 3.38. The molecule has 0 radical (unpaired) electrons. The van der Waals surface area contributed by atoms with Gasteiger partial charge in [0.2, 0.25) is 5.91 Å². The minimum Gasteiger partial charge on any atom is -0.359 e. The van der Waals surface area contributed by atoms with Gasteiger partial charge in [0.1, 0.15) is 11.7 Å². The number of hydrogen-bond donors (Lipinski definition) is 1. The van der Waals surface area contributed by atoms with Crippen molar-refractivity contribution in [1.29, 1.82) is 0 Å². The number of hydrogen-bond acceptors (Lipinski definition) is 6. The largest absolute Gasteiger partial charge is 0.359 e.